The van der Waals surface area contributed by atoms with E-state index in [0.29, 0.717) is 22.4 Å². The normalized spacial score (nSPS) is 15.7. The van der Waals surface area contributed by atoms with Crippen LogP contribution in [0.5, 0.6) is 5.75 Å². The molecule has 2 aromatic rings. The summed E-state index contributed by atoms with van der Waals surface area (Å²) in [7, 11) is 0. The average molecular weight is 335 g/mol. The summed E-state index contributed by atoms with van der Waals surface area (Å²) in [5, 5.41) is 0.995. The number of benzene rings is 2. The minimum atomic E-state index is 0.475. The van der Waals surface area contributed by atoms with Gasteiger partial charge in [-0.2, -0.15) is 0 Å². The molecule has 0 aliphatic heterocycles. The Hall–Kier alpha value is -1.18. The van der Waals surface area contributed by atoms with Crippen LogP contribution in [0.25, 0.3) is 0 Å². The van der Waals surface area contributed by atoms with Gasteiger partial charge in [0.2, 0.25) is 0 Å². The summed E-state index contributed by atoms with van der Waals surface area (Å²) in [6.45, 7) is 0.505. The third-order valence-corrected chi connectivity index (χ3v) is 5.17. The summed E-state index contributed by atoms with van der Waals surface area (Å²) in [5.41, 5.74) is 2.61. The van der Waals surface area contributed by atoms with Crippen molar-refractivity contribution in [3.63, 3.8) is 0 Å². The molecule has 1 fully saturated rings. The van der Waals surface area contributed by atoms with Gasteiger partial charge in [0.25, 0.3) is 0 Å². The highest BCUT2D eigenvalue weighted by atomic mass is 35.5. The summed E-state index contributed by atoms with van der Waals surface area (Å²) in [6, 6.07) is 14.2. The van der Waals surface area contributed by atoms with E-state index in [1.54, 1.807) is 6.07 Å². The number of rotatable bonds is 4. The van der Waals surface area contributed by atoms with Crippen LogP contribution >= 0.6 is 23.2 Å². The van der Waals surface area contributed by atoms with Crippen LogP contribution in [-0.4, -0.2) is 0 Å². The Morgan fingerprint density at radius 1 is 0.909 bits per heavy atom. The Morgan fingerprint density at radius 2 is 1.64 bits per heavy atom. The van der Waals surface area contributed by atoms with Crippen molar-refractivity contribution in [2.24, 2.45) is 0 Å². The molecule has 1 nitrogen and oxygen atoms in total. The van der Waals surface area contributed by atoms with Gasteiger partial charge in [0, 0.05) is 0 Å². The van der Waals surface area contributed by atoms with Crippen molar-refractivity contribution in [2.45, 2.75) is 44.6 Å². The lowest BCUT2D eigenvalue weighted by atomic mass is 9.84. The molecule has 0 amide bonds. The standard InChI is InChI=1S/C19H20Cl2O/c20-17-7-4-8-18(19(17)21)22-13-14-9-11-16(12-10-14)15-5-2-1-3-6-15/h4,7-12,15H,1-3,5-6,13H2. The topological polar surface area (TPSA) is 9.23 Å². The van der Waals surface area contributed by atoms with Crippen LogP contribution in [0.2, 0.25) is 10.0 Å². The maximum Gasteiger partial charge on any atom is 0.139 e. The zero-order valence-corrected chi connectivity index (χ0v) is 14.0. The molecule has 0 unspecified atom stereocenters. The molecule has 3 rings (SSSR count). The predicted octanol–water partition coefficient (Wildman–Crippen LogP) is 6.62. The van der Waals surface area contributed by atoms with Crippen LogP contribution in [-0.2, 0) is 6.61 Å². The minimum absolute atomic E-state index is 0.475. The Morgan fingerprint density at radius 3 is 2.36 bits per heavy atom. The summed E-state index contributed by atoms with van der Waals surface area (Å²) in [4.78, 5) is 0. The summed E-state index contributed by atoms with van der Waals surface area (Å²) in [6.07, 6.45) is 6.77. The van der Waals surface area contributed by atoms with Crippen molar-refractivity contribution < 1.29 is 4.74 Å². The van der Waals surface area contributed by atoms with Crippen LogP contribution in [0.1, 0.15) is 49.1 Å². The number of hydrogen-bond donors (Lipinski definition) is 0. The molecular weight excluding hydrogens is 315 g/mol. The predicted molar refractivity (Wildman–Crippen MR) is 93.1 cm³/mol. The molecule has 0 heterocycles. The molecule has 0 aromatic heterocycles. The molecule has 2 aromatic carbocycles. The van der Waals surface area contributed by atoms with Crippen molar-refractivity contribution in [3.8, 4) is 5.75 Å². The monoisotopic (exact) mass is 334 g/mol. The Labute approximate surface area is 142 Å². The van der Waals surface area contributed by atoms with Crippen LogP contribution < -0.4 is 4.74 Å². The fourth-order valence-electron chi connectivity index (χ4n) is 3.08. The van der Waals surface area contributed by atoms with Crippen molar-refractivity contribution in [3.05, 3.63) is 63.6 Å². The summed E-state index contributed by atoms with van der Waals surface area (Å²) in [5.74, 6) is 1.37. The van der Waals surface area contributed by atoms with E-state index >= 15 is 0 Å². The molecule has 3 heteroatoms. The summed E-state index contributed by atoms with van der Waals surface area (Å²) >= 11 is 12.1. The first-order valence-corrected chi connectivity index (χ1v) is 8.65. The highest BCUT2D eigenvalue weighted by Gasteiger charge is 2.15. The van der Waals surface area contributed by atoms with Crippen molar-refractivity contribution in [1.29, 1.82) is 0 Å². The summed E-state index contributed by atoms with van der Waals surface area (Å²) < 4.78 is 5.77. The van der Waals surface area contributed by atoms with Crippen molar-refractivity contribution in [2.75, 3.05) is 0 Å². The van der Waals surface area contributed by atoms with Crippen LogP contribution in [0, 0.1) is 0 Å². The maximum atomic E-state index is 6.13. The quantitative estimate of drug-likeness (QED) is 0.610. The van der Waals surface area contributed by atoms with Gasteiger partial charge in [-0.25, -0.2) is 0 Å². The molecule has 116 valence electrons. The molecule has 0 radical (unpaired) electrons. The van der Waals surface area contributed by atoms with Gasteiger partial charge in [-0.05, 0) is 42.0 Å². The van der Waals surface area contributed by atoms with Crippen LogP contribution in [0.15, 0.2) is 42.5 Å². The van der Waals surface area contributed by atoms with Gasteiger partial charge < -0.3 is 4.74 Å². The lowest BCUT2D eigenvalue weighted by molar-refractivity contribution is 0.306. The van der Waals surface area contributed by atoms with Gasteiger partial charge in [-0.1, -0.05) is 72.8 Å². The van der Waals surface area contributed by atoms with E-state index in [1.165, 1.54) is 37.7 Å². The van der Waals surface area contributed by atoms with E-state index in [2.05, 4.69) is 24.3 Å². The maximum absolute atomic E-state index is 6.13. The van der Waals surface area contributed by atoms with Gasteiger partial charge in [0.05, 0.1) is 5.02 Å². The van der Waals surface area contributed by atoms with Crippen LogP contribution in [0.4, 0.5) is 0 Å². The van der Waals surface area contributed by atoms with Gasteiger partial charge in [-0.3, -0.25) is 0 Å². The van der Waals surface area contributed by atoms with E-state index < -0.39 is 0 Å². The molecule has 22 heavy (non-hydrogen) atoms. The molecule has 0 bridgehead atoms. The zero-order valence-electron chi connectivity index (χ0n) is 12.5. The Balaban J connectivity index is 1.62. The molecule has 0 N–H and O–H groups in total. The highest BCUT2D eigenvalue weighted by molar-refractivity contribution is 6.42. The second-order valence-electron chi connectivity index (χ2n) is 5.92. The Bertz CT molecular complexity index is 616. The number of ether oxygens (including phenoxy) is 1. The molecule has 0 spiro atoms. The molecular formula is C19H20Cl2O. The first kappa shape index (κ1) is 15.7. The smallest absolute Gasteiger partial charge is 0.139 e. The van der Waals surface area contributed by atoms with Crippen molar-refractivity contribution in [1.82, 2.24) is 0 Å². The van der Waals surface area contributed by atoms with Crippen LogP contribution in [0.3, 0.4) is 0 Å². The number of halogens is 2. The van der Waals surface area contributed by atoms with Gasteiger partial charge in [0.15, 0.2) is 0 Å². The Kier molecular flexibility index (Phi) is 5.28. The van der Waals surface area contributed by atoms with Gasteiger partial charge in [0.1, 0.15) is 17.4 Å². The third kappa shape index (κ3) is 3.77. The lowest BCUT2D eigenvalue weighted by Crippen LogP contribution is -2.04. The molecule has 0 atom stereocenters. The van der Waals surface area contributed by atoms with Gasteiger partial charge >= 0.3 is 0 Å². The van der Waals surface area contributed by atoms with Crippen molar-refractivity contribution >= 4 is 23.2 Å². The molecule has 1 saturated carbocycles. The minimum Gasteiger partial charge on any atom is -0.487 e. The SMILES string of the molecule is Clc1cccc(OCc2ccc(C3CCCCC3)cc2)c1Cl. The molecule has 1 aliphatic rings. The number of hydrogen-bond acceptors (Lipinski definition) is 1. The molecule has 0 saturated heterocycles. The fraction of sp³-hybridized carbons (Fsp3) is 0.368. The fourth-order valence-corrected chi connectivity index (χ4v) is 3.42. The average Bonchev–Trinajstić information content (AvgIpc) is 2.57. The van der Waals surface area contributed by atoms with E-state index in [9.17, 15) is 0 Å². The molecule has 1 aliphatic carbocycles. The van der Waals surface area contributed by atoms with E-state index in [-0.39, 0.29) is 0 Å². The van der Waals surface area contributed by atoms with Gasteiger partial charge in [-0.15, -0.1) is 0 Å². The van der Waals surface area contributed by atoms with E-state index in [1.807, 2.05) is 12.1 Å². The van der Waals surface area contributed by atoms with E-state index in [0.717, 1.165) is 11.5 Å². The highest BCUT2D eigenvalue weighted by Crippen LogP contribution is 2.33. The third-order valence-electron chi connectivity index (χ3n) is 4.37. The largest absolute Gasteiger partial charge is 0.487 e. The second kappa shape index (κ2) is 7.39. The van der Waals surface area contributed by atoms with E-state index in [4.69, 9.17) is 27.9 Å². The first-order valence-electron chi connectivity index (χ1n) is 7.89. The lowest BCUT2D eigenvalue weighted by Gasteiger charge is -2.22. The first-order chi connectivity index (χ1) is 10.7. The second-order valence-corrected chi connectivity index (χ2v) is 6.70. The zero-order chi connectivity index (χ0) is 15.4.